The molecular weight excluding hydrogens is 530 g/mol. The Balaban J connectivity index is 1.39. The van der Waals surface area contributed by atoms with Crippen LogP contribution in [0.15, 0.2) is 176 Å². The third-order valence-corrected chi connectivity index (χ3v) is 9.50. The largest absolute Gasteiger partial charge is 0.309 e. The number of rotatable bonds is 4. The highest BCUT2D eigenvalue weighted by Crippen LogP contribution is 2.54. The van der Waals surface area contributed by atoms with E-state index in [4.69, 9.17) is 0 Å². The van der Waals surface area contributed by atoms with Crippen molar-refractivity contribution in [2.75, 3.05) is 0 Å². The normalized spacial score (nSPS) is 13.2. The van der Waals surface area contributed by atoms with Gasteiger partial charge in [0.15, 0.2) is 0 Å². The molecule has 1 aromatic heterocycles. The number of benzene rings is 7. The quantitative estimate of drug-likeness (QED) is 0.202. The van der Waals surface area contributed by atoms with Crippen molar-refractivity contribution in [3.05, 3.63) is 198 Å². The van der Waals surface area contributed by atoms with Gasteiger partial charge in [-0.15, -0.1) is 0 Å². The van der Waals surface area contributed by atoms with E-state index in [0.717, 1.165) is 0 Å². The smallest absolute Gasteiger partial charge is 0.0742 e. The van der Waals surface area contributed by atoms with Crippen molar-refractivity contribution < 1.29 is 0 Å². The summed E-state index contributed by atoms with van der Waals surface area (Å²) in [5.41, 5.74) is 13.3. The van der Waals surface area contributed by atoms with Crippen molar-refractivity contribution in [1.82, 2.24) is 4.57 Å². The summed E-state index contributed by atoms with van der Waals surface area (Å²) in [4.78, 5) is 0. The first-order valence-electron chi connectivity index (χ1n) is 15.3. The number of hydrogen-bond donors (Lipinski definition) is 0. The van der Waals surface area contributed by atoms with Gasteiger partial charge in [0, 0.05) is 10.8 Å². The Bertz CT molecular complexity index is 2210. The highest BCUT2D eigenvalue weighted by atomic mass is 15.0. The van der Waals surface area contributed by atoms with Gasteiger partial charge in [-0.05, 0) is 56.6 Å². The monoisotopic (exact) mass is 559 g/mol. The second-order valence-electron chi connectivity index (χ2n) is 11.7. The summed E-state index contributed by atoms with van der Waals surface area (Å²) in [6, 6.07) is 64.6. The Morgan fingerprint density at radius 1 is 0.341 bits per heavy atom. The second-order valence-corrected chi connectivity index (χ2v) is 11.7. The third-order valence-electron chi connectivity index (χ3n) is 9.50. The minimum absolute atomic E-state index is 0.509. The number of aromatic nitrogens is 1. The van der Waals surface area contributed by atoms with Crippen molar-refractivity contribution in [3.8, 4) is 27.9 Å². The van der Waals surface area contributed by atoms with Gasteiger partial charge in [-0.3, -0.25) is 0 Å². The molecule has 1 aliphatic rings. The van der Waals surface area contributed by atoms with Crippen LogP contribution in [0.25, 0.3) is 49.7 Å². The molecule has 0 fully saturated rings. The molecule has 7 aromatic carbocycles. The molecule has 0 aliphatic carbocycles. The van der Waals surface area contributed by atoms with E-state index in [1.165, 1.54) is 72.0 Å². The van der Waals surface area contributed by atoms with Gasteiger partial charge in [-0.1, -0.05) is 164 Å². The summed E-state index contributed by atoms with van der Waals surface area (Å²) in [6.45, 7) is 0. The van der Waals surface area contributed by atoms with Crippen LogP contribution in [0.1, 0.15) is 22.3 Å². The Morgan fingerprint density at radius 3 is 1.45 bits per heavy atom. The standard InChI is InChI=1S/C43H29N/c1-3-12-30(13-4-1)32-22-26-34(27-23-32)43(35-28-24-33(25-29-35)31-14-5-2-6-15-31)38-18-8-10-21-41(38)44-40-20-9-7-16-36(40)37-17-11-19-39(43)42(37)44/h1-29H. The third kappa shape index (κ3) is 3.47. The van der Waals surface area contributed by atoms with Gasteiger partial charge in [0.1, 0.15) is 0 Å². The average Bonchev–Trinajstić information content (AvgIpc) is 3.45. The SMILES string of the molecule is c1ccc(-c2ccc(C3(c4ccc(-c5ccccc5)cc4)c4ccccc4-n4c5ccccc5c5cccc3c54)cc2)cc1. The van der Waals surface area contributed by atoms with Crippen LogP contribution in [0.3, 0.4) is 0 Å². The molecule has 9 rings (SSSR count). The minimum atomic E-state index is -0.509. The zero-order valence-electron chi connectivity index (χ0n) is 24.2. The van der Waals surface area contributed by atoms with Crippen molar-refractivity contribution in [1.29, 1.82) is 0 Å². The molecule has 206 valence electrons. The molecule has 0 N–H and O–H groups in total. The van der Waals surface area contributed by atoms with Crippen LogP contribution in [0, 0.1) is 0 Å². The molecule has 0 amide bonds. The Morgan fingerprint density at radius 2 is 0.818 bits per heavy atom. The van der Waals surface area contributed by atoms with Crippen molar-refractivity contribution in [2.24, 2.45) is 0 Å². The first-order valence-corrected chi connectivity index (χ1v) is 15.3. The molecule has 0 spiro atoms. The number of hydrogen-bond acceptors (Lipinski definition) is 0. The van der Waals surface area contributed by atoms with E-state index in [0.29, 0.717) is 0 Å². The van der Waals surface area contributed by atoms with Crippen molar-refractivity contribution in [3.63, 3.8) is 0 Å². The van der Waals surface area contributed by atoms with Gasteiger partial charge in [-0.25, -0.2) is 0 Å². The Kier molecular flexibility index (Phi) is 5.48. The zero-order chi connectivity index (χ0) is 29.1. The van der Waals surface area contributed by atoms with Crippen LogP contribution in [0.5, 0.6) is 0 Å². The highest BCUT2D eigenvalue weighted by molar-refractivity contribution is 6.12. The van der Waals surface area contributed by atoms with Gasteiger partial charge in [0.2, 0.25) is 0 Å². The summed E-state index contributed by atoms with van der Waals surface area (Å²) >= 11 is 0. The van der Waals surface area contributed by atoms with E-state index in [2.05, 4.69) is 180 Å². The molecular formula is C43H29N. The lowest BCUT2D eigenvalue weighted by atomic mass is 9.63. The van der Waals surface area contributed by atoms with Crippen molar-refractivity contribution >= 4 is 21.8 Å². The molecule has 0 saturated carbocycles. The molecule has 0 saturated heterocycles. The van der Waals surface area contributed by atoms with Gasteiger partial charge in [0.05, 0.1) is 22.1 Å². The summed E-state index contributed by atoms with van der Waals surface area (Å²) < 4.78 is 2.49. The lowest BCUT2D eigenvalue weighted by Gasteiger charge is -2.42. The summed E-state index contributed by atoms with van der Waals surface area (Å²) in [6.07, 6.45) is 0. The van der Waals surface area contributed by atoms with E-state index >= 15 is 0 Å². The van der Waals surface area contributed by atoms with Crippen LogP contribution in [-0.2, 0) is 5.41 Å². The fourth-order valence-corrected chi connectivity index (χ4v) is 7.58. The topological polar surface area (TPSA) is 4.93 Å². The van der Waals surface area contributed by atoms with Gasteiger partial charge >= 0.3 is 0 Å². The first-order chi connectivity index (χ1) is 21.8. The predicted molar refractivity (Wildman–Crippen MR) is 184 cm³/mol. The summed E-state index contributed by atoms with van der Waals surface area (Å²) in [5.74, 6) is 0. The number of para-hydroxylation sites is 3. The predicted octanol–water partition coefficient (Wildman–Crippen LogP) is 10.8. The number of fused-ring (bicyclic) bond motifs is 5. The molecule has 0 unspecified atom stereocenters. The fraction of sp³-hybridized carbons (Fsp3) is 0.0233. The van der Waals surface area contributed by atoms with Gasteiger partial charge in [-0.2, -0.15) is 0 Å². The average molecular weight is 560 g/mol. The maximum absolute atomic E-state index is 2.49. The first kappa shape index (κ1) is 24.9. The molecule has 2 heterocycles. The lowest BCUT2D eigenvalue weighted by molar-refractivity contribution is 0.728. The van der Waals surface area contributed by atoms with Crippen LogP contribution >= 0.6 is 0 Å². The molecule has 0 bridgehead atoms. The zero-order valence-corrected chi connectivity index (χ0v) is 24.2. The molecule has 1 aliphatic heterocycles. The van der Waals surface area contributed by atoms with Crippen LogP contribution in [-0.4, -0.2) is 4.57 Å². The van der Waals surface area contributed by atoms with Crippen LogP contribution < -0.4 is 0 Å². The molecule has 1 nitrogen and oxygen atoms in total. The van der Waals surface area contributed by atoms with E-state index in [1.807, 2.05) is 0 Å². The van der Waals surface area contributed by atoms with E-state index in [-0.39, 0.29) is 0 Å². The Hall–Kier alpha value is -5.66. The lowest BCUT2D eigenvalue weighted by Crippen LogP contribution is -2.35. The Labute approximate surface area is 257 Å². The van der Waals surface area contributed by atoms with E-state index in [9.17, 15) is 0 Å². The van der Waals surface area contributed by atoms with Gasteiger partial charge < -0.3 is 4.57 Å². The van der Waals surface area contributed by atoms with Crippen LogP contribution in [0.2, 0.25) is 0 Å². The molecule has 0 radical (unpaired) electrons. The molecule has 8 aromatic rings. The highest BCUT2D eigenvalue weighted by Gasteiger charge is 2.45. The van der Waals surface area contributed by atoms with E-state index < -0.39 is 5.41 Å². The molecule has 0 atom stereocenters. The maximum Gasteiger partial charge on any atom is 0.0742 e. The number of nitrogens with zero attached hydrogens (tertiary/aromatic N) is 1. The van der Waals surface area contributed by atoms with Gasteiger partial charge in [0.25, 0.3) is 0 Å². The van der Waals surface area contributed by atoms with Crippen molar-refractivity contribution in [2.45, 2.75) is 5.41 Å². The summed E-state index contributed by atoms with van der Waals surface area (Å²) in [7, 11) is 0. The summed E-state index contributed by atoms with van der Waals surface area (Å²) in [5, 5.41) is 2.58. The fourth-order valence-electron chi connectivity index (χ4n) is 7.58. The maximum atomic E-state index is 2.49. The molecule has 44 heavy (non-hydrogen) atoms. The van der Waals surface area contributed by atoms with E-state index in [1.54, 1.807) is 0 Å². The van der Waals surface area contributed by atoms with Crippen LogP contribution in [0.4, 0.5) is 0 Å². The minimum Gasteiger partial charge on any atom is -0.309 e. The second kappa shape index (κ2) is 9.69. The molecule has 1 heteroatoms.